The summed E-state index contributed by atoms with van der Waals surface area (Å²) in [5.41, 5.74) is 5.74. The molecule has 2 heterocycles. The number of fused-ring (bicyclic) bond motifs is 3. The van der Waals surface area contributed by atoms with Gasteiger partial charge in [-0.3, -0.25) is 4.79 Å². The van der Waals surface area contributed by atoms with E-state index in [9.17, 15) is 9.59 Å². The molecule has 0 spiro atoms. The van der Waals surface area contributed by atoms with Crippen molar-refractivity contribution in [2.45, 2.75) is 63.9 Å². The van der Waals surface area contributed by atoms with Crippen molar-refractivity contribution in [2.75, 3.05) is 57.8 Å². The van der Waals surface area contributed by atoms with E-state index >= 15 is 0 Å². The molecule has 0 amide bonds. The van der Waals surface area contributed by atoms with Crippen molar-refractivity contribution in [3.8, 4) is 34.1 Å². The first-order valence-corrected chi connectivity index (χ1v) is 26.5. The topological polar surface area (TPSA) is 140 Å². The van der Waals surface area contributed by atoms with Crippen molar-refractivity contribution in [2.24, 2.45) is 11.0 Å². The van der Waals surface area contributed by atoms with Crippen LogP contribution in [0.4, 0.5) is 5.13 Å². The monoisotopic (exact) mass is 1030 g/mol. The minimum atomic E-state index is -0.441. The Labute approximate surface area is 442 Å². The molecule has 6 aromatic carbocycles. The van der Waals surface area contributed by atoms with E-state index < -0.39 is 5.97 Å². The summed E-state index contributed by atoms with van der Waals surface area (Å²) in [7, 11) is 0. The third-order valence-electron chi connectivity index (χ3n) is 13.0. The number of hydrazone groups is 1. The Morgan fingerprint density at radius 2 is 1.43 bits per heavy atom. The Hall–Kier alpha value is -7.36. The number of aromatic nitrogens is 1. The Balaban J connectivity index is 0.846. The maximum absolute atomic E-state index is 11.7. The van der Waals surface area contributed by atoms with Crippen molar-refractivity contribution >= 4 is 55.4 Å². The lowest BCUT2D eigenvalue weighted by atomic mass is 9.90. The average Bonchev–Trinajstić information content (AvgIpc) is 4.10. The zero-order valence-corrected chi connectivity index (χ0v) is 43.0. The van der Waals surface area contributed by atoms with Gasteiger partial charge in [0.2, 0.25) is 5.13 Å². The van der Waals surface area contributed by atoms with Crippen LogP contribution in [-0.2, 0) is 41.8 Å². The Morgan fingerprint density at radius 3 is 2.25 bits per heavy atom. The molecule has 14 heteroatoms. The van der Waals surface area contributed by atoms with Crippen molar-refractivity contribution in [1.82, 2.24) is 4.98 Å². The Morgan fingerprint density at radius 1 is 0.680 bits per heavy atom. The molecule has 0 N–H and O–H groups in total. The highest BCUT2D eigenvalue weighted by atomic mass is 32.1. The summed E-state index contributed by atoms with van der Waals surface area (Å²) >= 11 is 1.56. The van der Waals surface area contributed by atoms with Crippen LogP contribution in [0.15, 0.2) is 158 Å². The van der Waals surface area contributed by atoms with Gasteiger partial charge in [0.1, 0.15) is 49.4 Å². The second-order valence-electron chi connectivity index (χ2n) is 18.5. The fraction of sp³-hybridized carbons (Fsp3) is 0.311. The molecule has 3 unspecified atom stereocenters. The van der Waals surface area contributed by atoms with E-state index in [1.165, 1.54) is 25.0 Å². The maximum Gasteiger partial charge on any atom is 0.330 e. The first kappa shape index (κ1) is 52.5. The molecule has 2 fully saturated rings. The van der Waals surface area contributed by atoms with E-state index in [0.29, 0.717) is 88.7 Å². The highest BCUT2D eigenvalue weighted by Gasteiger charge is 2.43. The summed E-state index contributed by atoms with van der Waals surface area (Å²) in [5, 5.41) is 9.82. The molecule has 3 atom stereocenters. The second kappa shape index (κ2) is 26.7. The van der Waals surface area contributed by atoms with E-state index in [4.69, 9.17) is 48.0 Å². The summed E-state index contributed by atoms with van der Waals surface area (Å²) in [5.74, 6) is 2.86. The molecular formula is C61H63N3O10S. The van der Waals surface area contributed by atoms with Crippen molar-refractivity contribution < 1.29 is 47.5 Å². The number of ketones is 1. The standard InChI is InChI=1S/C61H63N3O10S/c1-3-51(65)42-68-32-33-70-52-22-19-47(20-23-52)46-16-12-43(13-17-46)40-72-54-25-27-56(50(37-54)38-62-64(28-7-8-30-71-60(66)4-2)61-63-55-10-5-6-11-59(55)75-61)73-41-44-14-18-49-36-53(24-21-48(49)34-44)69-31-9-29-67-39-45-15-26-57-58(35-45)74-57/h3-6,10-14,16-25,27,34,36-38,45,57-58H,1-2,7-9,15,26,28-33,35,39-42H2/b62-38+. The van der Waals surface area contributed by atoms with Crippen LogP contribution in [0.25, 0.3) is 32.1 Å². The van der Waals surface area contributed by atoms with E-state index in [0.717, 1.165) is 84.9 Å². The smallest absolute Gasteiger partial charge is 0.330 e. The zero-order chi connectivity index (χ0) is 51.6. The van der Waals surface area contributed by atoms with Gasteiger partial charge in [-0.15, -0.1) is 0 Å². The molecule has 0 bridgehead atoms. The van der Waals surface area contributed by atoms with Crippen molar-refractivity contribution in [1.29, 1.82) is 0 Å². The average molecular weight is 1030 g/mol. The molecule has 7 aromatic rings. The van der Waals surface area contributed by atoms with Crippen LogP contribution in [0.3, 0.4) is 0 Å². The van der Waals surface area contributed by atoms with Gasteiger partial charge < -0.3 is 37.9 Å². The first-order chi connectivity index (χ1) is 36.8. The molecule has 1 aliphatic carbocycles. The van der Waals surface area contributed by atoms with E-state index in [-0.39, 0.29) is 19.0 Å². The van der Waals surface area contributed by atoms with Gasteiger partial charge >= 0.3 is 5.97 Å². The number of benzene rings is 6. The Kier molecular flexibility index (Phi) is 18.7. The third-order valence-corrected chi connectivity index (χ3v) is 14.0. The number of carbonyl (C=O) groups is 2. The number of epoxide rings is 1. The minimum Gasteiger partial charge on any atom is -0.493 e. The summed E-state index contributed by atoms with van der Waals surface area (Å²) in [6.07, 6.45) is 10.9. The number of rotatable bonds is 30. The minimum absolute atomic E-state index is 0.00128. The molecular weight excluding hydrogens is 967 g/mol. The number of para-hydroxylation sites is 1. The lowest BCUT2D eigenvalue weighted by Crippen LogP contribution is -2.19. The molecule has 75 heavy (non-hydrogen) atoms. The number of thiazole rings is 1. The van der Waals surface area contributed by atoms with Crippen LogP contribution < -0.4 is 24.0 Å². The predicted octanol–water partition coefficient (Wildman–Crippen LogP) is 12.1. The van der Waals surface area contributed by atoms with Crippen LogP contribution in [0.1, 0.15) is 55.2 Å². The summed E-state index contributed by atoms with van der Waals surface area (Å²) < 4.78 is 48.1. The molecule has 1 aromatic heterocycles. The van der Waals surface area contributed by atoms with Gasteiger partial charge in [0.25, 0.3) is 0 Å². The summed E-state index contributed by atoms with van der Waals surface area (Å²) in [6, 6.07) is 42.4. The fourth-order valence-corrected chi connectivity index (χ4v) is 9.71. The number of nitrogens with zero attached hydrogens (tertiary/aromatic N) is 3. The largest absolute Gasteiger partial charge is 0.493 e. The Bertz CT molecular complexity index is 3010. The third kappa shape index (κ3) is 15.6. The predicted molar refractivity (Wildman–Crippen MR) is 294 cm³/mol. The molecule has 9 rings (SSSR count). The van der Waals surface area contributed by atoms with E-state index in [2.05, 4.69) is 67.8 Å². The summed E-state index contributed by atoms with van der Waals surface area (Å²) in [4.78, 5) is 27.9. The lowest BCUT2D eigenvalue weighted by Gasteiger charge is -2.18. The van der Waals surface area contributed by atoms with Gasteiger partial charge in [-0.1, -0.05) is 91.2 Å². The van der Waals surface area contributed by atoms with Crippen LogP contribution in [0, 0.1) is 5.92 Å². The van der Waals surface area contributed by atoms with Crippen LogP contribution in [-0.4, -0.2) is 88.0 Å². The quantitative estimate of drug-likeness (QED) is 0.0106. The molecule has 1 saturated carbocycles. The van der Waals surface area contributed by atoms with E-state index in [1.807, 2.05) is 77.8 Å². The molecule has 2 aliphatic rings. The molecule has 1 saturated heterocycles. The highest BCUT2D eigenvalue weighted by Crippen LogP contribution is 2.39. The molecule has 13 nitrogen and oxygen atoms in total. The van der Waals surface area contributed by atoms with Gasteiger partial charge in [-0.2, -0.15) is 5.10 Å². The number of hydrogen-bond donors (Lipinski definition) is 0. The number of hydrogen-bond acceptors (Lipinski definition) is 14. The number of anilines is 1. The zero-order valence-electron chi connectivity index (χ0n) is 42.1. The van der Waals surface area contributed by atoms with E-state index in [1.54, 1.807) is 17.6 Å². The van der Waals surface area contributed by atoms with Gasteiger partial charge in [-0.25, -0.2) is 14.8 Å². The van der Waals surface area contributed by atoms with Crippen molar-refractivity contribution in [3.63, 3.8) is 0 Å². The number of esters is 1. The molecule has 0 radical (unpaired) electrons. The van der Waals surface area contributed by atoms with Gasteiger partial charge in [0.15, 0.2) is 5.78 Å². The lowest BCUT2D eigenvalue weighted by molar-refractivity contribution is -0.137. The van der Waals surface area contributed by atoms with Crippen LogP contribution >= 0.6 is 11.3 Å². The molecule has 388 valence electrons. The number of carbonyl (C=O) groups excluding carboxylic acids is 2. The normalized spacial score (nSPS) is 15.8. The van der Waals surface area contributed by atoms with Gasteiger partial charge in [0, 0.05) is 37.8 Å². The van der Waals surface area contributed by atoms with Gasteiger partial charge in [-0.05, 0) is 138 Å². The van der Waals surface area contributed by atoms with Gasteiger partial charge in [0.05, 0.1) is 48.5 Å². The SMILES string of the molecule is C=CC(=O)COCCOc1ccc(-c2ccc(COc3ccc(OCc4ccc5cc(OCCCOCC6CCC7OC7C6)ccc5c4)c(/C=N/N(CCCCOC(=O)C=C)c4nc5ccccc5s4)c3)cc2)cc1. The molecule has 1 aliphatic heterocycles. The highest BCUT2D eigenvalue weighted by molar-refractivity contribution is 7.22. The fourth-order valence-electron chi connectivity index (χ4n) is 8.76. The number of unbranched alkanes of at least 4 members (excludes halogenated alkanes) is 1. The van der Waals surface area contributed by atoms with Crippen LogP contribution in [0.5, 0.6) is 23.0 Å². The summed E-state index contributed by atoms with van der Waals surface area (Å²) in [6.45, 7) is 11.2. The van der Waals surface area contributed by atoms with Crippen molar-refractivity contribution in [3.05, 3.63) is 169 Å². The maximum atomic E-state index is 11.7. The number of ether oxygens (including phenoxy) is 8. The second-order valence-corrected chi connectivity index (χ2v) is 19.5. The van der Waals surface area contributed by atoms with Crippen LogP contribution in [0.2, 0.25) is 0 Å². The first-order valence-electron chi connectivity index (χ1n) is 25.7.